The first-order chi connectivity index (χ1) is 26.2. The highest BCUT2D eigenvalue weighted by Gasteiger charge is 2.28. The van der Waals surface area contributed by atoms with E-state index in [1.165, 1.54) is 6.07 Å². The smallest absolute Gasteiger partial charge is 0.308 e. The maximum atomic E-state index is 14.9. The zero-order valence-corrected chi connectivity index (χ0v) is 31.9. The molecule has 0 unspecified atom stereocenters. The Balaban J connectivity index is 1.14. The number of halogens is 2. The van der Waals surface area contributed by atoms with Crippen molar-refractivity contribution in [2.24, 2.45) is 27.7 Å². The number of ketones is 1. The molecule has 5 rings (SSSR count). The summed E-state index contributed by atoms with van der Waals surface area (Å²) in [5.74, 6) is 0.434. The van der Waals surface area contributed by atoms with Crippen molar-refractivity contribution in [3.8, 4) is 11.8 Å². The van der Waals surface area contributed by atoms with Crippen molar-refractivity contribution in [2.75, 3.05) is 44.7 Å². The quantitative estimate of drug-likeness (QED) is 0.155. The Kier molecular flexibility index (Phi) is 15.6. The van der Waals surface area contributed by atoms with Gasteiger partial charge < -0.3 is 25.4 Å². The monoisotopic (exact) mass is 756 g/mol. The van der Waals surface area contributed by atoms with Crippen LogP contribution < -0.4 is 20.7 Å². The van der Waals surface area contributed by atoms with Crippen LogP contribution in [0.2, 0.25) is 5.02 Å². The Morgan fingerprint density at radius 3 is 2.63 bits per heavy atom. The molecule has 54 heavy (non-hydrogen) atoms. The Labute approximate surface area is 322 Å². The van der Waals surface area contributed by atoms with Gasteiger partial charge in [0.25, 0.3) is 0 Å². The van der Waals surface area contributed by atoms with Crippen molar-refractivity contribution in [1.29, 1.82) is 5.26 Å². The number of nitrogens with one attached hydrogen (secondary N) is 3. The average molecular weight is 757 g/mol. The number of benzene rings is 2. The van der Waals surface area contributed by atoms with E-state index >= 15 is 0 Å². The summed E-state index contributed by atoms with van der Waals surface area (Å²) in [5, 5.41) is 18.8. The van der Waals surface area contributed by atoms with E-state index in [1.807, 2.05) is 50.3 Å². The fourth-order valence-corrected chi connectivity index (χ4v) is 7.23. The lowest BCUT2D eigenvalue weighted by atomic mass is 9.79. The van der Waals surface area contributed by atoms with Crippen molar-refractivity contribution in [1.82, 2.24) is 10.6 Å². The molecule has 1 aliphatic carbocycles. The highest BCUT2D eigenvalue weighted by molar-refractivity contribution is 6.45. The molecule has 0 radical (unpaired) electrons. The molecule has 2 aromatic carbocycles. The van der Waals surface area contributed by atoms with Gasteiger partial charge in [0.1, 0.15) is 6.07 Å². The lowest BCUT2D eigenvalue weighted by molar-refractivity contribution is -0.151. The van der Waals surface area contributed by atoms with E-state index in [4.69, 9.17) is 26.3 Å². The number of esters is 1. The highest BCUT2D eigenvalue weighted by Crippen LogP contribution is 2.35. The number of rotatable bonds is 11. The number of nitriles is 1. The molecule has 1 saturated carbocycles. The molecule has 3 aliphatic rings. The largest absolute Gasteiger partial charge is 0.476 e. The number of ether oxygens (including phenoxy) is 2. The summed E-state index contributed by atoms with van der Waals surface area (Å²) >= 11 is 6.40. The Hall–Kier alpha value is -4.63. The summed E-state index contributed by atoms with van der Waals surface area (Å²) < 4.78 is 25.8. The van der Waals surface area contributed by atoms with Gasteiger partial charge in [0.15, 0.2) is 29.8 Å². The molecule has 2 heterocycles. The molecule has 3 N–H and O–H groups in total. The van der Waals surface area contributed by atoms with Gasteiger partial charge in [-0.1, -0.05) is 23.8 Å². The lowest BCUT2D eigenvalue weighted by Crippen LogP contribution is -2.38. The fraction of sp³-hybridized carbons (Fsp3) is 0.452. The first-order valence-corrected chi connectivity index (χ1v) is 19.2. The van der Waals surface area contributed by atoms with Gasteiger partial charge >= 0.3 is 5.97 Å². The predicted molar refractivity (Wildman–Crippen MR) is 213 cm³/mol. The minimum absolute atomic E-state index is 0.0457. The maximum Gasteiger partial charge on any atom is 0.308 e. The summed E-state index contributed by atoms with van der Waals surface area (Å²) in [4.78, 5) is 35.4. The minimum atomic E-state index is -0.737. The van der Waals surface area contributed by atoms with E-state index in [9.17, 15) is 14.0 Å². The standard InChI is InChI=1S/C42H50ClFN6O4/c1-28-24-34(50-41-29(2)49-26-33(6-4-3-5-19-48-41)36-14-16-38(53-23-18-45)40(44)39(36)43)12-13-35(28)37(51)15-9-30-7-10-32(11-8-30)42(52)54-27-31-17-20-46-21-22-47-25-31/h3-5,12-14,16,19,24,26,30-32,46-47H,6-11,15,17,20-23,25,27H2,1-2H3,(H,48,50)/b4-3+,19-5-,33-26+,49-29?/t30?,31-,32?/m1/s1. The number of aliphatic imine (C=N–C) groups is 2. The number of amidine groups is 1. The molecule has 2 fully saturated rings. The van der Waals surface area contributed by atoms with Crippen LogP contribution in [0.4, 0.5) is 10.1 Å². The fourth-order valence-electron chi connectivity index (χ4n) is 6.95. The zero-order valence-electron chi connectivity index (χ0n) is 31.1. The number of hydrogen-bond acceptors (Lipinski definition) is 10. The number of allylic oxidation sites excluding steroid dienone is 4. The molecule has 0 spiro atoms. The number of carbonyl (C=O) groups excluding carboxylic acids is 2. The average Bonchev–Trinajstić information content (AvgIpc) is 3.19. The van der Waals surface area contributed by atoms with Gasteiger partial charge in [-0.3, -0.25) is 14.6 Å². The van der Waals surface area contributed by atoms with Crippen LogP contribution in [-0.4, -0.2) is 62.7 Å². The van der Waals surface area contributed by atoms with Gasteiger partial charge in [-0.15, -0.1) is 0 Å². The molecular formula is C42H50ClFN6O4. The number of nitrogens with zero attached hydrogens (tertiary/aromatic N) is 3. The first kappa shape index (κ1) is 40.6. The minimum Gasteiger partial charge on any atom is -0.476 e. The first-order valence-electron chi connectivity index (χ1n) is 18.8. The molecule has 0 amide bonds. The Morgan fingerprint density at radius 1 is 1.02 bits per heavy atom. The SMILES string of the molecule is CC1=N/C=C(/c2ccc(OCC#N)c(F)c2Cl)C/C=C/C=C\N=C1Nc1ccc(C(=O)CCC2CCC(C(=O)OC[C@@H]3CCNCCNC3)CC2)c(C)c1. The predicted octanol–water partition coefficient (Wildman–Crippen LogP) is 7.99. The molecule has 0 bridgehead atoms. The molecule has 286 valence electrons. The maximum absolute atomic E-state index is 14.9. The molecule has 10 nitrogen and oxygen atoms in total. The van der Waals surface area contributed by atoms with Crippen LogP contribution in [0.25, 0.3) is 5.57 Å². The van der Waals surface area contributed by atoms with Crippen LogP contribution in [0.15, 0.2) is 70.9 Å². The molecule has 12 heteroatoms. The second-order valence-corrected chi connectivity index (χ2v) is 14.5. The van der Waals surface area contributed by atoms with Gasteiger partial charge in [-0.2, -0.15) is 5.26 Å². The van der Waals surface area contributed by atoms with Crippen LogP contribution >= 0.6 is 11.6 Å². The summed E-state index contributed by atoms with van der Waals surface area (Å²) in [7, 11) is 0. The third-order valence-electron chi connectivity index (χ3n) is 10.2. The van der Waals surface area contributed by atoms with Crippen LogP contribution in [-0.2, 0) is 9.53 Å². The number of hydrogen-bond donors (Lipinski definition) is 3. The summed E-state index contributed by atoms with van der Waals surface area (Å²) in [6, 6.07) is 10.6. The van der Waals surface area contributed by atoms with Crippen molar-refractivity contribution >= 4 is 46.2 Å². The van der Waals surface area contributed by atoms with Gasteiger partial charge in [-0.05, 0) is 119 Å². The Morgan fingerprint density at radius 2 is 1.83 bits per heavy atom. The van der Waals surface area contributed by atoms with Crippen LogP contribution in [0.3, 0.4) is 0 Å². The molecule has 2 aliphatic heterocycles. The number of Topliss-reactive ketones (excluding diaryl/α,β-unsaturated/α-hetero) is 1. The zero-order chi connectivity index (χ0) is 38.3. The third kappa shape index (κ3) is 11.7. The van der Waals surface area contributed by atoms with Crippen molar-refractivity contribution in [3.63, 3.8) is 0 Å². The van der Waals surface area contributed by atoms with Gasteiger partial charge in [0.2, 0.25) is 0 Å². The third-order valence-corrected chi connectivity index (χ3v) is 10.5. The Bertz CT molecular complexity index is 1830. The number of carbonyl (C=O) groups is 2. The molecule has 2 aromatic rings. The van der Waals surface area contributed by atoms with E-state index in [1.54, 1.807) is 24.5 Å². The second kappa shape index (κ2) is 20.7. The molecule has 0 aromatic heterocycles. The lowest BCUT2D eigenvalue weighted by Gasteiger charge is -2.28. The molecule has 1 saturated heterocycles. The summed E-state index contributed by atoms with van der Waals surface area (Å²) in [6.45, 7) is 7.68. The number of aryl methyl sites for hydroxylation is 1. The van der Waals surface area contributed by atoms with Crippen LogP contribution in [0.1, 0.15) is 79.8 Å². The van der Waals surface area contributed by atoms with E-state index < -0.39 is 5.82 Å². The number of anilines is 1. The highest BCUT2D eigenvalue weighted by atomic mass is 35.5. The van der Waals surface area contributed by atoms with Crippen molar-refractivity contribution in [2.45, 2.75) is 65.2 Å². The van der Waals surface area contributed by atoms with Gasteiger partial charge in [-0.25, -0.2) is 9.38 Å². The second-order valence-electron chi connectivity index (χ2n) is 14.1. The van der Waals surface area contributed by atoms with E-state index in [2.05, 4.69) is 25.9 Å². The van der Waals surface area contributed by atoms with Gasteiger partial charge in [0.05, 0.1) is 23.3 Å². The van der Waals surface area contributed by atoms with E-state index in [0.29, 0.717) is 59.5 Å². The summed E-state index contributed by atoms with van der Waals surface area (Å²) in [5.41, 5.74) is 4.03. The molecular weight excluding hydrogens is 707 g/mol. The van der Waals surface area contributed by atoms with Gasteiger partial charge in [0, 0.05) is 61.2 Å². The van der Waals surface area contributed by atoms with Crippen LogP contribution in [0, 0.1) is 41.8 Å². The van der Waals surface area contributed by atoms with E-state index in [-0.39, 0.29) is 35.0 Å². The van der Waals surface area contributed by atoms with E-state index in [0.717, 1.165) is 76.0 Å². The summed E-state index contributed by atoms with van der Waals surface area (Å²) in [6.07, 6.45) is 15.0. The van der Waals surface area contributed by atoms with Crippen LogP contribution in [0.5, 0.6) is 5.75 Å². The normalized spacial score (nSPS) is 23.0. The molecule has 1 atom stereocenters. The van der Waals surface area contributed by atoms with Crippen molar-refractivity contribution < 1.29 is 23.5 Å². The van der Waals surface area contributed by atoms with Crippen molar-refractivity contribution in [3.05, 3.63) is 88.5 Å². The topological polar surface area (TPSA) is 137 Å².